The number of thiazole rings is 1. The first-order chi connectivity index (χ1) is 11.4. The SMILES string of the molecule is Cc1n[nH]c(C)c1S(=O)(=O)NCc1nc(-c2ccc(O)cc2)cs1. The molecule has 24 heavy (non-hydrogen) atoms. The molecule has 3 aromatic rings. The molecule has 0 saturated carbocycles. The molecule has 0 aliphatic heterocycles. The molecule has 2 heterocycles. The van der Waals surface area contributed by atoms with Crippen molar-refractivity contribution >= 4 is 21.4 Å². The fourth-order valence-electron chi connectivity index (χ4n) is 2.32. The van der Waals surface area contributed by atoms with E-state index in [0.29, 0.717) is 16.4 Å². The number of aromatic amines is 1. The molecule has 0 saturated heterocycles. The van der Waals surface area contributed by atoms with Gasteiger partial charge >= 0.3 is 0 Å². The molecule has 0 radical (unpaired) electrons. The monoisotopic (exact) mass is 364 g/mol. The largest absolute Gasteiger partial charge is 0.508 e. The van der Waals surface area contributed by atoms with E-state index in [1.165, 1.54) is 11.3 Å². The zero-order valence-electron chi connectivity index (χ0n) is 13.1. The average molecular weight is 364 g/mol. The van der Waals surface area contributed by atoms with Gasteiger partial charge in [-0.05, 0) is 38.1 Å². The van der Waals surface area contributed by atoms with E-state index in [1.54, 1.807) is 38.1 Å². The minimum Gasteiger partial charge on any atom is -0.508 e. The highest BCUT2D eigenvalue weighted by molar-refractivity contribution is 7.89. The maximum atomic E-state index is 12.4. The number of phenols is 1. The lowest BCUT2D eigenvalue weighted by molar-refractivity contribution is 0.475. The molecule has 0 bridgehead atoms. The van der Waals surface area contributed by atoms with Gasteiger partial charge in [0.1, 0.15) is 15.7 Å². The van der Waals surface area contributed by atoms with E-state index in [1.807, 2.05) is 5.38 Å². The molecule has 3 N–H and O–H groups in total. The molecule has 0 atom stereocenters. The third kappa shape index (κ3) is 3.32. The van der Waals surface area contributed by atoms with Gasteiger partial charge in [-0.2, -0.15) is 5.10 Å². The van der Waals surface area contributed by atoms with Crippen LogP contribution < -0.4 is 4.72 Å². The third-order valence-electron chi connectivity index (χ3n) is 3.46. The Bertz CT molecular complexity index is 940. The van der Waals surface area contributed by atoms with Gasteiger partial charge in [0, 0.05) is 10.9 Å². The molecular weight excluding hydrogens is 348 g/mol. The van der Waals surface area contributed by atoms with Crippen LogP contribution in [0.1, 0.15) is 16.4 Å². The van der Waals surface area contributed by atoms with Gasteiger partial charge in [0.15, 0.2) is 0 Å². The Morgan fingerprint density at radius 2 is 1.96 bits per heavy atom. The summed E-state index contributed by atoms with van der Waals surface area (Å²) in [6, 6.07) is 6.69. The highest BCUT2D eigenvalue weighted by Gasteiger charge is 2.22. The van der Waals surface area contributed by atoms with Crippen molar-refractivity contribution in [2.45, 2.75) is 25.3 Å². The number of hydrogen-bond acceptors (Lipinski definition) is 6. The molecule has 126 valence electrons. The summed E-state index contributed by atoms with van der Waals surface area (Å²) in [5, 5.41) is 18.4. The molecule has 9 heteroatoms. The van der Waals surface area contributed by atoms with Crippen LogP contribution >= 0.6 is 11.3 Å². The predicted octanol–water partition coefficient (Wildman–Crippen LogP) is 2.33. The van der Waals surface area contributed by atoms with Gasteiger partial charge in [0.25, 0.3) is 0 Å². The highest BCUT2D eigenvalue weighted by Crippen LogP contribution is 2.24. The van der Waals surface area contributed by atoms with Crippen LogP contribution in [0.4, 0.5) is 0 Å². The lowest BCUT2D eigenvalue weighted by Gasteiger charge is -2.05. The smallest absolute Gasteiger partial charge is 0.244 e. The minimum atomic E-state index is -3.65. The Kier molecular flexibility index (Phi) is 4.39. The average Bonchev–Trinajstić information content (AvgIpc) is 3.13. The van der Waals surface area contributed by atoms with Crippen molar-refractivity contribution in [2.24, 2.45) is 0 Å². The minimum absolute atomic E-state index is 0.106. The first-order valence-electron chi connectivity index (χ1n) is 7.12. The maximum Gasteiger partial charge on any atom is 0.244 e. The summed E-state index contributed by atoms with van der Waals surface area (Å²) in [6.45, 7) is 3.42. The number of sulfonamides is 1. The fraction of sp³-hybridized carbons (Fsp3) is 0.200. The number of aromatic hydroxyl groups is 1. The van der Waals surface area contributed by atoms with Crippen molar-refractivity contribution in [2.75, 3.05) is 0 Å². The molecule has 7 nitrogen and oxygen atoms in total. The van der Waals surface area contributed by atoms with E-state index in [-0.39, 0.29) is 17.2 Å². The van der Waals surface area contributed by atoms with Crippen molar-refractivity contribution in [3.05, 3.63) is 46.0 Å². The number of rotatable bonds is 5. The standard InChI is InChI=1S/C15H16N4O3S2/c1-9-15(10(2)19-18-9)24(21,22)16-7-14-17-13(8-23-14)11-3-5-12(20)6-4-11/h3-6,8,16,20H,7H2,1-2H3,(H,18,19). The summed E-state index contributed by atoms with van der Waals surface area (Å²) < 4.78 is 27.4. The molecule has 3 rings (SSSR count). The van der Waals surface area contributed by atoms with Crippen LogP contribution in [-0.4, -0.2) is 28.7 Å². The van der Waals surface area contributed by atoms with E-state index < -0.39 is 10.0 Å². The number of benzene rings is 1. The number of phenolic OH excluding ortho intramolecular Hbond substituents is 1. The Labute approximate surface area is 143 Å². The molecule has 0 spiro atoms. The van der Waals surface area contributed by atoms with Gasteiger partial charge in [-0.3, -0.25) is 5.10 Å². The Balaban J connectivity index is 1.75. The second kappa shape index (κ2) is 6.34. The first-order valence-corrected chi connectivity index (χ1v) is 9.48. The summed E-state index contributed by atoms with van der Waals surface area (Å²) in [5.74, 6) is 0.188. The molecular formula is C15H16N4O3S2. The van der Waals surface area contributed by atoms with Crippen molar-refractivity contribution in [1.29, 1.82) is 0 Å². The number of aromatic nitrogens is 3. The quantitative estimate of drug-likeness (QED) is 0.644. The topological polar surface area (TPSA) is 108 Å². The number of aryl methyl sites for hydroxylation is 2. The van der Waals surface area contributed by atoms with E-state index in [9.17, 15) is 13.5 Å². The van der Waals surface area contributed by atoms with E-state index in [4.69, 9.17) is 0 Å². The molecule has 1 aromatic carbocycles. The second-order valence-corrected chi connectivity index (χ2v) is 7.91. The van der Waals surface area contributed by atoms with Crippen molar-refractivity contribution in [1.82, 2.24) is 19.9 Å². The maximum absolute atomic E-state index is 12.4. The summed E-state index contributed by atoms with van der Waals surface area (Å²) >= 11 is 1.37. The van der Waals surface area contributed by atoms with E-state index in [0.717, 1.165) is 11.3 Å². The van der Waals surface area contributed by atoms with Gasteiger partial charge in [0.2, 0.25) is 10.0 Å². The Morgan fingerprint density at radius 3 is 2.58 bits per heavy atom. The zero-order chi connectivity index (χ0) is 17.3. The molecule has 0 aliphatic carbocycles. The Morgan fingerprint density at radius 1 is 1.25 bits per heavy atom. The summed E-state index contributed by atoms with van der Waals surface area (Å²) in [6.07, 6.45) is 0. The molecule has 0 amide bonds. The van der Waals surface area contributed by atoms with Crippen molar-refractivity contribution in [3.63, 3.8) is 0 Å². The van der Waals surface area contributed by atoms with E-state index >= 15 is 0 Å². The highest BCUT2D eigenvalue weighted by atomic mass is 32.2. The molecule has 0 aliphatic rings. The van der Waals surface area contributed by atoms with Crippen LogP contribution in [0.3, 0.4) is 0 Å². The van der Waals surface area contributed by atoms with Gasteiger partial charge in [-0.1, -0.05) is 0 Å². The second-order valence-electron chi connectivity index (χ2n) is 5.26. The number of nitrogens with one attached hydrogen (secondary N) is 2. The third-order valence-corrected chi connectivity index (χ3v) is 5.97. The summed E-state index contributed by atoms with van der Waals surface area (Å²) in [4.78, 5) is 4.60. The van der Waals surface area contributed by atoms with Gasteiger partial charge in [0.05, 0.1) is 23.6 Å². The number of H-pyrrole nitrogens is 1. The normalized spacial score (nSPS) is 11.8. The molecule has 0 fully saturated rings. The van der Waals surface area contributed by atoms with Crippen molar-refractivity contribution in [3.8, 4) is 17.0 Å². The van der Waals surface area contributed by atoms with Crippen LogP contribution in [0.25, 0.3) is 11.3 Å². The van der Waals surface area contributed by atoms with Crippen LogP contribution in [0.5, 0.6) is 5.75 Å². The van der Waals surface area contributed by atoms with Gasteiger partial charge in [-0.25, -0.2) is 18.1 Å². The van der Waals surface area contributed by atoms with E-state index in [2.05, 4.69) is 19.9 Å². The zero-order valence-corrected chi connectivity index (χ0v) is 14.7. The summed E-state index contributed by atoms with van der Waals surface area (Å²) in [5.41, 5.74) is 2.54. The lowest BCUT2D eigenvalue weighted by atomic mass is 10.2. The van der Waals surface area contributed by atoms with Crippen LogP contribution in [0.2, 0.25) is 0 Å². The van der Waals surface area contributed by atoms with Crippen LogP contribution in [-0.2, 0) is 16.6 Å². The first kappa shape index (κ1) is 16.6. The van der Waals surface area contributed by atoms with Gasteiger partial charge in [-0.15, -0.1) is 11.3 Å². The lowest BCUT2D eigenvalue weighted by Crippen LogP contribution is -2.24. The number of hydrogen-bond donors (Lipinski definition) is 3. The number of nitrogens with zero attached hydrogens (tertiary/aromatic N) is 2. The van der Waals surface area contributed by atoms with Crippen LogP contribution in [0.15, 0.2) is 34.5 Å². The predicted molar refractivity (Wildman–Crippen MR) is 91.3 cm³/mol. The van der Waals surface area contributed by atoms with Gasteiger partial charge < -0.3 is 5.11 Å². The van der Waals surface area contributed by atoms with Crippen molar-refractivity contribution < 1.29 is 13.5 Å². The van der Waals surface area contributed by atoms with Crippen LogP contribution in [0, 0.1) is 13.8 Å². The molecule has 0 unspecified atom stereocenters. The summed E-state index contributed by atoms with van der Waals surface area (Å²) in [7, 11) is -3.65. The molecule has 2 aromatic heterocycles. The fourth-order valence-corrected chi connectivity index (χ4v) is 4.51. The Hall–Kier alpha value is -2.23.